The number of hydrogen-bond donors (Lipinski definition) is 2. The van der Waals surface area contributed by atoms with Crippen LogP contribution in [0, 0.1) is 23.2 Å². The van der Waals surface area contributed by atoms with E-state index in [2.05, 4.69) is 51.8 Å². The number of nitrogens with zero attached hydrogens (tertiary/aromatic N) is 2. The second kappa shape index (κ2) is 7.15. The van der Waals surface area contributed by atoms with Gasteiger partial charge in [0.2, 0.25) is 10.0 Å². The van der Waals surface area contributed by atoms with Gasteiger partial charge in [0.1, 0.15) is 4.47 Å². The molecule has 4 atom stereocenters. The Morgan fingerprint density at radius 1 is 1.37 bits per heavy atom. The first-order valence-electron chi connectivity index (χ1n) is 9.44. The molecule has 2 N–H and O–H groups in total. The third kappa shape index (κ3) is 3.96. The third-order valence-electron chi connectivity index (χ3n) is 6.39. The van der Waals surface area contributed by atoms with Crippen LogP contribution >= 0.6 is 15.9 Å². The normalized spacial score (nSPS) is 29.4. The van der Waals surface area contributed by atoms with Crippen molar-refractivity contribution in [3.05, 3.63) is 21.0 Å². The maximum atomic E-state index is 12.6. The molecular formula is C18H29BrN4O3S. The molecule has 0 aromatic carbocycles. The second-order valence-corrected chi connectivity index (χ2v) is 11.4. The Morgan fingerprint density at radius 2 is 2.04 bits per heavy atom. The number of rotatable bonds is 6. The number of nitrogens with one attached hydrogen (secondary N) is 2. The van der Waals surface area contributed by atoms with Gasteiger partial charge in [-0.15, -0.1) is 0 Å². The zero-order valence-corrected chi connectivity index (χ0v) is 18.9. The summed E-state index contributed by atoms with van der Waals surface area (Å²) in [6, 6.07) is 0.0556. The van der Waals surface area contributed by atoms with Gasteiger partial charge in [-0.1, -0.05) is 20.8 Å². The fourth-order valence-corrected chi connectivity index (χ4v) is 6.48. The standard InChI is InChI=1S/C18H29BrN4O3S/c1-10(2)22-27(25,26)9-23-17(24)16(19)15(8-20-23)21-14-7-12-6-13(11(14)3)18(12,4)5/h8,10-14,21-22H,6-7,9H2,1-5H3/t11-,12+,13-,14-/m1/s1. The van der Waals surface area contributed by atoms with Crippen LogP contribution in [-0.2, 0) is 15.9 Å². The van der Waals surface area contributed by atoms with E-state index in [1.165, 1.54) is 12.6 Å². The van der Waals surface area contributed by atoms with Crippen LogP contribution in [-0.4, -0.2) is 30.3 Å². The van der Waals surface area contributed by atoms with Gasteiger partial charge in [0.05, 0.1) is 11.9 Å². The van der Waals surface area contributed by atoms with Gasteiger partial charge in [0, 0.05) is 12.1 Å². The number of hydrogen-bond acceptors (Lipinski definition) is 5. The molecule has 0 spiro atoms. The highest BCUT2D eigenvalue weighted by atomic mass is 79.9. The molecule has 1 aromatic rings. The molecular weight excluding hydrogens is 432 g/mol. The van der Waals surface area contributed by atoms with E-state index in [1.807, 2.05) is 0 Å². The predicted octanol–water partition coefficient (Wildman–Crippen LogP) is 2.77. The summed E-state index contributed by atoms with van der Waals surface area (Å²) in [4.78, 5) is 12.6. The lowest BCUT2D eigenvalue weighted by Crippen LogP contribution is -2.58. The zero-order valence-electron chi connectivity index (χ0n) is 16.5. The summed E-state index contributed by atoms with van der Waals surface area (Å²) in [7, 11) is -3.63. The lowest BCUT2D eigenvalue weighted by Gasteiger charge is -2.62. The minimum absolute atomic E-state index is 0.237. The van der Waals surface area contributed by atoms with Gasteiger partial charge in [-0.25, -0.2) is 17.8 Å². The Kier molecular flexibility index (Phi) is 5.51. The topological polar surface area (TPSA) is 93.1 Å². The van der Waals surface area contributed by atoms with Crippen LogP contribution in [0.3, 0.4) is 0 Å². The van der Waals surface area contributed by atoms with Crippen LogP contribution in [0.5, 0.6) is 0 Å². The molecule has 4 rings (SSSR count). The predicted molar refractivity (Wildman–Crippen MR) is 110 cm³/mol. The number of fused-ring (bicyclic) bond motifs is 2. The summed E-state index contributed by atoms with van der Waals surface area (Å²) in [5.41, 5.74) is 0.568. The molecule has 2 bridgehead atoms. The fraction of sp³-hybridized carbons (Fsp3) is 0.778. The van der Waals surface area contributed by atoms with Crippen molar-refractivity contribution in [2.24, 2.45) is 23.2 Å². The van der Waals surface area contributed by atoms with Gasteiger partial charge < -0.3 is 5.32 Å². The lowest BCUT2D eigenvalue weighted by molar-refractivity contribution is -0.105. The molecule has 0 unspecified atom stereocenters. The molecule has 3 aliphatic rings. The number of halogens is 1. The molecule has 7 nitrogen and oxygen atoms in total. The van der Waals surface area contributed by atoms with Gasteiger partial charge in [0.25, 0.3) is 5.56 Å². The van der Waals surface area contributed by atoms with Gasteiger partial charge in [0.15, 0.2) is 5.88 Å². The first kappa shape index (κ1) is 20.8. The Labute approximate surface area is 169 Å². The monoisotopic (exact) mass is 460 g/mol. The van der Waals surface area contributed by atoms with E-state index in [-0.39, 0.29) is 6.04 Å². The number of anilines is 1. The van der Waals surface area contributed by atoms with Crippen LogP contribution in [0.15, 0.2) is 15.5 Å². The van der Waals surface area contributed by atoms with Gasteiger partial charge >= 0.3 is 0 Å². The fourth-order valence-electron chi connectivity index (χ4n) is 4.76. The largest absolute Gasteiger partial charge is 0.380 e. The van der Waals surface area contributed by atoms with Crippen molar-refractivity contribution in [3.8, 4) is 0 Å². The van der Waals surface area contributed by atoms with E-state index in [4.69, 9.17) is 0 Å². The van der Waals surface area contributed by atoms with Crippen molar-refractivity contribution in [1.82, 2.24) is 14.5 Å². The third-order valence-corrected chi connectivity index (χ3v) is 8.57. The minimum atomic E-state index is -3.63. The molecule has 3 fully saturated rings. The van der Waals surface area contributed by atoms with Gasteiger partial charge in [-0.2, -0.15) is 5.10 Å². The van der Waals surface area contributed by atoms with E-state index in [0.29, 0.717) is 39.4 Å². The highest BCUT2D eigenvalue weighted by molar-refractivity contribution is 9.10. The summed E-state index contributed by atoms with van der Waals surface area (Å²) in [5, 5.41) is 7.55. The molecule has 1 aromatic heterocycles. The first-order valence-corrected chi connectivity index (χ1v) is 11.9. The molecule has 27 heavy (non-hydrogen) atoms. The van der Waals surface area contributed by atoms with Crippen molar-refractivity contribution < 1.29 is 8.42 Å². The van der Waals surface area contributed by atoms with Crippen LogP contribution in [0.25, 0.3) is 0 Å². The minimum Gasteiger partial charge on any atom is -0.380 e. The average molecular weight is 461 g/mol. The molecule has 9 heteroatoms. The highest BCUT2D eigenvalue weighted by Crippen LogP contribution is 2.61. The maximum absolute atomic E-state index is 12.6. The summed E-state index contributed by atoms with van der Waals surface area (Å²) < 4.78 is 27.9. The Balaban J connectivity index is 1.76. The molecule has 152 valence electrons. The molecule has 0 saturated heterocycles. The van der Waals surface area contributed by atoms with Crippen molar-refractivity contribution >= 4 is 31.6 Å². The quantitative estimate of drug-likeness (QED) is 0.680. The Hall–Kier alpha value is -0.930. The first-order chi connectivity index (χ1) is 12.4. The lowest BCUT2D eigenvalue weighted by atomic mass is 9.45. The van der Waals surface area contributed by atoms with E-state index >= 15 is 0 Å². The van der Waals surface area contributed by atoms with E-state index in [1.54, 1.807) is 13.8 Å². The van der Waals surface area contributed by atoms with Gasteiger partial charge in [-0.05, 0) is 65.8 Å². The molecule has 0 amide bonds. The summed E-state index contributed by atoms with van der Waals surface area (Å²) in [6.45, 7) is 10.4. The van der Waals surface area contributed by atoms with Crippen LogP contribution in [0.2, 0.25) is 0 Å². The van der Waals surface area contributed by atoms with E-state index < -0.39 is 21.5 Å². The summed E-state index contributed by atoms with van der Waals surface area (Å²) >= 11 is 3.33. The maximum Gasteiger partial charge on any atom is 0.284 e. The van der Waals surface area contributed by atoms with Crippen molar-refractivity contribution in [3.63, 3.8) is 0 Å². The van der Waals surface area contributed by atoms with Crippen molar-refractivity contribution in [2.45, 2.75) is 65.4 Å². The Morgan fingerprint density at radius 3 is 2.59 bits per heavy atom. The SMILES string of the molecule is CC(C)NS(=O)(=O)Cn1ncc(N[C@@H]2C[C@@H]3C[C@H]([C@H]2C)C3(C)C)c(Br)c1=O. The average Bonchev–Trinajstić information content (AvgIpc) is 2.54. The van der Waals surface area contributed by atoms with Crippen molar-refractivity contribution in [2.75, 3.05) is 5.32 Å². The number of aromatic nitrogens is 2. The zero-order chi connectivity index (χ0) is 20.1. The second-order valence-electron chi connectivity index (χ2n) is 8.90. The van der Waals surface area contributed by atoms with Crippen LogP contribution in [0.4, 0.5) is 5.69 Å². The molecule has 0 radical (unpaired) electrons. The van der Waals surface area contributed by atoms with E-state index in [0.717, 1.165) is 11.1 Å². The highest BCUT2D eigenvalue weighted by Gasteiger charge is 2.56. The summed E-state index contributed by atoms with van der Waals surface area (Å²) in [6.07, 6.45) is 3.90. The number of sulfonamides is 1. The molecule has 0 aliphatic heterocycles. The van der Waals surface area contributed by atoms with Crippen molar-refractivity contribution in [1.29, 1.82) is 0 Å². The van der Waals surface area contributed by atoms with E-state index in [9.17, 15) is 13.2 Å². The van der Waals surface area contributed by atoms with Gasteiger partial charge in [-0.3, -0.25) is 4.79 Å². The molecule has 3 aliphatic carbocycles. The molecule has 1 heterocycles. The smallest absolute Gasteiger partial charge is 0.284 e. The molecule has 3 saturated carbocycles. The summed E-state index contributed by atoms with van der Waals surface area (Å²) in [5.74, 6) is 1.40. The van der Waals surface area contributed by atoms with Crippen LogP contribution < -0.4 is 15.6 Å². The van der Waals surface area contributed by atoms with Crippen LogP contribution in [0.1, 0.15) is 47.5 Å². The Bertz CT molecular complexity index is 881.